The maximum atomic E-state index is 11.8. The van der Waals surface area contributed by atoms with Gasteiger partial charge in [-0.25, -0.2) is 0 Å². The van der Waals surface area contributed by atoms with Crippen molar-refractivity contribution in [2.45, 2.75) is 45.1 Å². The smallest absolute Gasteiger partial charge is 0.260 e. The van der Waals surface area contributed by atoms with Gasteiger partial charge in [0.1, 0.15) is 5.56 Å². The van der Waals surface area contributed by atoms with Crippen molar-refractivity contribution in [3.63, 3.8) is 0 Å². The lowest BCUT2D eigenvalue weighted by atomic mass is 9.98. The first-order chi connectivity index (χ1) is 9.66. The fourth-order valence-electron chi connectivity index (χ4n) is 2.47. The van der Waals surface area contributed by atoms with E-state index < -0.39 is 0 Å². The van der Waals surface area contributed by atoms with Crippen molar-refractivity contribution < 1.29 is 9.53 Å². The summed E-state index contributed by atoms with van der Waals surface area (Å²) < 4.78 is 5.72. The molecule has 0 unspecified atom stereocenters. The number of hydrogen-bond acceptors (Lipinski definition) is 3. The minimum absolute atomic E-state index is 0.147. The summed E-state index contributed by atoms with van der Waals surface area (Å²) in [5.41, 5.74) is 0.538. The van der Waals surface area contributed by atoms with Crippen LogP contribution in [-0.2, 0) is 4.74 Å². The molecule has 1 aliphatic carbocycles. The third kappa shape index (κ3) is 4.20. The second-order valence-electron chi connectivity index (χ2n) is 5.27. The van der Waals surface area contributed by atoms with Gasteiger partial charge in [-0.15, -0.1) is 0 Å². The highest BCUT2D eigenvalue weighted by molar-refractivity contribution is 5.93. The van der Waals surface area contributed by atoms with Gasteiger partial charge in [0.25, 0.3) is 11.5 Å². The molecule has 2 N–H and O–H groups in total. The highest BCUT2D eigenvalue weighted by Gasteiger charge is 2.14. The monoisotopic (exact) mass is 278 g/mol. The minimum Gasteiger partial charge on any atom is -0.376 e. The van der Waals surface area contributed by atoms with Gasteiger partial charge in [0.15, 0.2) is 0 Å². The molecule has 0 bridgehead atoms. The van der Waals surface area contributed by atoms with Crippen molar-refractivity contribution in [2.24, 2.45) is 0 Å². The molecule has 5 nitrogen and oxygen atoms in total. The first-order valence-corrected chi connectivity index (χ1v) is 7.26. The van der Waals surface area contributed by atoms with Crippen LogP contribution in [0, 0.1) is 6.92 Å². The molecule has 0 aromatic carbocycles. The van der Waals surface area contributed by atoms with Crippen molar-refractivity contribution in [3.05, 3.63) is 33.7 Å². The largest absolute Gasteiger partial charge is 0.376 e. The lowest BCUT2D eigenvalue weighted by Gasteiger charge is -2.21. The van der Waals surface area contributed by atoms with Crippen LogP contribution in [0.25, 0.3) is 0 Å². The lowest BCUT2D eigenvalue weighted by molar-refractivity contribution is 0.0299. The number of carbonyl (C=O) groups excluding carboxylic acids is 1. The number of rotatable bonds is 5. The summed E-state index contributed by atoms with van der Waals surface area (Å²) in [6.07, 6.45) is 6.33. The normalized spacial score (nSPS) is 16.1. The average molecular weight is 278 g/mol. The maximum Gasteiger partial charge on any atom is 0.260 e. The van der Waals surface area contributed by atoms with Gasteiger partial charge in [0, 0.05) is 12.2 Å². The van der Waals surface area contributed by atoms with E-state index in [9.17, 15) is 9.59 Å². The molecular weight excluding hydrogens is 256 g/mol. The summed E-state index contributed by atoms with van der Waals surface area (Å²) in [5, 5.41) is 2.71. The number of H-pyrrole nitrogens is 1. The van der Waals surface area contributed by atoms with E-state index in [0.717, 1.165) is 18.5 Å². The molecule has 0 spiro atoms. The Bertz CT molecular complexity index is 504. The zero-order valence-corrected chi connectivity index (χ0v) is 11.9. The van der Waals surface area contributed by atoms with Crippen molar-refractivity contribution in [3.8, 4) is 0 Å². The predicted octanol–water partition coefficient (Wildman–Crippen LogP) is 1.76. The Morgan fingerprint density at radius 1 is 1.35 bits per heavy atom. The molecule has 2 rings (SSSR count). The van der Waals surface area contributed by atoms with Crippen LogP contribution in [0.15, 0.2) is 16.9 Å². The van der Waals surface area contributed by atoms with Gasteiger partial charge in [0.2, 0.25) is 0 Å². The van der Waals surface area contributed by atoms with Crippen molar-refractivity contribution in [1.82, 2.24) is 10.3 Å². The Hall–Kier alpha value is -1.62. The number of aryl methyl sites for hydroxylation is 1. The van der Waals surface area contributed by atoms with E-state index in [4.69, 9.17) is 4.74 Å². The van der Waals surface area contributed by atoms with Crippen LogP contribution in [0.5, 0.6) is 0 Å². The summed E-state index contributed by atoms with van der Waals surface area (Å²) in [6.45, 7) is 2.71. The summed E-state index contributed by atoms with van der Waals surface area (Å²) >= 11 is 0. The molecule has 1 aliphatic rings. The molecule has 0 saturated heterocycles. The molecule has 5 heteroatoms. The zero-order chi connectivity index (χ0) is 14.4. The second-order valence-corrected chi connectivity index (χ2v) is 5.27. The average Bonchev–Trinajstić information content (AvgIpc) is 2.44. The lowest BCUT2D eigenvalue weighted by Crippen LogP contribution is -2.33. The van der Waals surface area contributed by atoms with Crippen LogP contribution in [0.4, 0.5) is 0 Å². The van der Waals surface area contributed by atoms with Crippen molar-refractivity contribution in [1.29, 1.82) is 0 Å². The fourth-order valence-corrected chi connectivity index (χ4v) is 2.47. The Balaban J connectivity index is 1.73. The Morgan fingerprint density at radius 2 is 2.10 bits per heavy atom. The van der Waals surface area contributed by atoms with Crippen molar-refractivity contribution >= 4 is 5.91 Å². The fraction of sp³-hybridized carbons (Fsp3) is 0.600. The molecule has 110 valence electrons. The number of hydrogen-bond donors (Lipinski definition) is 2. The predicted molar refractivity (Wildman–Crippen MR) is 77.0 cm³/mol. The Kier molecular flexibility index (Phi) is 5.35. The Morgan fingerprint density at radius 3 is 2.80 bits per heavy atom. The van der Waals surface area contributed by atoms with Crippen LogP contribution in [-0.4, -0.2) is 30.1 Å². The minimum atomic E-state index is -0.351. The van der Waals surface area contributed by atoms with Crippen molar-refractivity contribution in [2.75, 3.05) is 13.2 Å². The number of amides is 1. The number of ether oxygens (including phenoxy) is 1. The standard InChI is InChI=1S/C15H22N2O3/c1-11-7-8-13(15(19)17-11)14(18)16-9-10-20-12-5-3-2-4-6-12/h7-8,12H,2-6,9-10H2,1H3,(H,16,18)(H,17,19). The summed E-state index contributed by atoms with van der Waals surface area (Å²) in [4.78, 5) is 26.1. The number of carbonyl (C=O) groups is 1. The van der Waals surface area contributed by atoms with E-state index in [1.54, 1.807) is 19.1 Å². The maximum absolute atomic E-state index is 11.8. The number of aromatic amines is 1. The van der Waals surface area contributed by atoms with Gasteiger partial charge in [0.05, 0.1) is 12.7 Å². The first kappa shape index (κ1) is 14.8. The summed E-state index contributed by atoms with van der Waals surface area (Å²) in [7, 11) is 0. The van der Waals surface area contributed by atoms with E-state index in [0.29, 0.717) is 19.3 Å². The highest BCUT2D eigenvalue weighted by Crippen LogP contribution is 2.19. The molecule has 0 radical (unpaired) electrons. The number of aromatic nitrogens is 1. The van der Waals surface area contributed by atoms with E-state index in [1.165, 1.54) is 19.3 Å². The molecule has 0 aliphatic heterocycles. The SMILES string of the molecule is Cc1ccc(C(=O)NCCOC2CCCCC2)c(=O)[nH]1. The van der Waals surface area contributed by atoms with E-state index >= 15 is 0 Å². The molecule has 1 amide bonds. The quantitative estimate of drug-likeness (QED) is 0.806. The first-order valence-electron chi connectivity index (χ1n) is 7.26. The Labute approximate surface area is 118 Å². The van der Waals surface area contributed by atoms with Gasteiger partial charge >= 0.3 is 0 Å². The van der Waals surface area contributed by atoms with Crippen LogP contribution < -0.4 is 10.9 Å². The van der Waals surface area contributed by atoms with Crippen LogP contribution in [0.1, 0.15) is 48.2 Å². The molecule has 20 heavy (non-hydrogen) atoms. The van der Waals surface area contributed by atoms with Gasteiger partial charge in [-0.2, -0.15) is 0 Å². The number of nitrogens with one attached hydrogen (secondary N) is 2. The van der Waals surface area contributed by atoms with E-state index in [-0.39, 0.29) is 17.0 Å². The van der Waals surface area contributed by atoms with Crippen LogP contribution in [0.3, 0.4) is 0 Å². The van der Waals surface area contributed by atoms with Gasteiger partial charge in [-0.1, -0.05) is 19.3 Å². The van der Waals surface area contributed by atoms with Crippen LogP contribution in [0.2, 0.25) is 0 Å². The van der Waals surface area contributed by atoms with Gasteiger partial charge < -0.3 is 15.0 Å². The van der Waals surface area contributed by atoms with Gasteiger partial charge in [-0.05, 0) is 31.9 Å². The molecule has 1 aromatic heterocycles. The second kappa shape index (κ2) is 7.24. The highest BCUT2D eigenvalue weighted by atomic mass is 16.5. The number of pyridine rings is 1. The summed E-state index contributed by atoms with van der Waals surface area (Å²) in [6, 6.07) is 3.26. The third-order valence-electron chi connectivity index (χ3n) is 3.59. The molecule has 1 fully saturated rings. The molecule has 1 aromatic rings. The van der Waals surface area contributed by atoms with E-state index in [1.807, 2.05) is 0 Å². The van der Waals surface area contributed by atoms with E-state index in [2.05, 4.69) is 10.3 Å². The zero-order valence-electron chi connectivity index (χ0n) is 11.9. The topological polar surface area (TPSA) is 71.2 Å². The molecule has 1 saturated carbocycles. The molecular formula is C15H22N2O3. The molecule has 1 heterocycles. The van der Waals surface area contributed by atoms with Crippen LogP contribution >= 0.6 is 0 Å². The summed E-state index contributed by atoms with van der Waals surface area (Å²) in [5.74, 6) is -0.349. The molecule has 0 atom stereocenters. The van der Waals surface area contributed by atoms with Gasteiger partial charge in [-0.3, -0.25) is 9.59 Å². The third-order valence-corrected chi connectivity index (χ3v) is 3.59.